The molecule has 0 saturated carbocycles. The molecule has 6 nitrogen and oxygen atoms in total. The van der Waals surface area contributed by atoms with Gasteiger partial charge < -0.3 is 20.4 Å². The first-order valence-electron chi connectivity index (χ1n) is 11.5. The van der Waals surface area contributed by atoms with Crippen LogP contribution in [0.5, 0.6) is 0 Å². The highest BCUT2D eigenvalue weighted by atomic mass is 35.5. The van der Waals surface area contributed by atoms with E-state index < -0.39 is 0 Å². The number of aliphatic imine (C=N–C) groups is 1. The molecular formula is C23H39ClN6. The number of guanidine groups is 1. The van der Waals surface area contributed by atoms with Crippen molar-refractivity contribution in [2.24, 2.45) is 4.99 Å². The van der Waals surface area contributed by atoms with E-state index in [2.05, 4.69) is 56.3 Å². The lowest BCUT2D eigenvalue weighted by molar-refractivity contribution is 0.167. The summed E-state index contributed by atoms with van der Waals surface area (Å²) in [7, 11) is 1.87. The molecule has 2 aliphatic heterocycles. The second-order valence-electron chi connectivity index (χ2n) is 8.71. The monoisotopic (exact) mass is 434 g/mol. The van der Waals surface area contributed by atoms with Gasteiger partial charge in [0.1, 0.15) is 0 Å². The number of nitrogens with one attached hydrogen (secondary N) is 2. The molecule has 0 atom stereocenters. The maximum Gasteiger partial charge on any atom is 0.191 e. The maximum atomic E-state index is 6.13. The molecule has 2 saturated heterocycles. The van der Waals surface area contributed by atoms with Gasteiger partial charge in [-0.05, 0) is 57.9 Å². The van der Waals surface area contributed by atoms with Crippen molar-refractivity contribution in [1.29, 1.82) is 0 Å². The Morgan fingerprint density at radius 3 is 2.50 bits per heavy atom. The van der Waals surface area contributed by atoms with Crippen molar-refractivity contribution in [1.82, 2.24) is 20.4 Å². The van der Waals surface area contributed by atoms with Crippen molar-refractivity contribution in [2.75, 3.05) is 64.3 Å². The quantitative estimate of drug-likeness (QED) is 0.392. The fourth-order valence-corrected chi connectivity index (χ4v) is 4.54. The zero-order chi connectivity index (χ0) is 21.3. The molecule has 30 heavy (non-hydrogen) atoms. The van der Waals surface area contributed by atoms with E-state index in [1.54, 1.807) is 0 Å². The fraction of sp³-hybridized carbons (Fsp3) is 0.696. The summed E-state index contributed by atoms with van der Waals surface area (Å²) in [6.07, 6.45) is 3.51. The Labute approximate surface area is 187 Å². The Morgan fingerprint density at radius 2 is 1.87 bits per heavy atom. The van der Waals surface area contributed by atoms with Gasteiger partial charge in [0.2, 0.25) is 0 Å². The third-order valence-corrected chi connectivity index (χ3v) is 6.55. The minimum absolute atomic E-state index is 0.533. The van der Waals surface area contributed by atoms with Crippen molar-refractivity contribution in [2.45, 2.75) is 45.2 Å². The minimum Gasteiger partial charge on any atom is -0.369 e. The highest BCUT2D eigenvalue weighted by Gasteiger charge is 2.21. The Bertz CT molecular complexity index is 663. The van der Waals surface area contributed by atoms with E-state index >= 15 is 0 Å². The molecule has 2 fully saturated rings. The Hall–Kier alpha value is -1.50. The van der Waals surface area contributed by atoms with Gasteiger partial charge in [0.05, 0.1) is 0 Å². The number of piperazine rings is 1. The molecule has 1 aromatic carbocycles. The van der Waals surface area contributed by atoms with Crippen LogP contribution in [0.4, 0.5) is 5.69 Å². The van der Waals surface area contributed by atoms with E-state index in [0.29, 0.717) is 12.1 Å². The topological polar surface area (TPSA) is 46.1 Å². The van der Waals surface area contributed by atoms with E-state index in [0.717, 1.165) is 56.7 Å². The average Bonchev–Trinajstić information content (AvgIpc) is 2.76. The van der Waals surface area contributed by atoms with Crippen molar-refractivity contribution in [3.8, 4) is 0 Å². The number of piperidine rings is 1. The molecule has 0 radical (unpaired) electrons. The maximum absolute atomic E-state index is 6.13. The van der Waals surface area contributed by atoms with Crippen molar-refractivity contribution in [3.63, 3.8) is 0 Å². The lowest BCUT2D eigenvalue weighted by Crippen LogP contribution is -2.50. The van der Waals surface area contributed by atoms with Gasteiger partial charge in [-0.25, -0.2) is 0 Å². The molecule has 0 aromatic heterocycles. The molecule has 3 rings (SSSR count). The Kier molecular flexibility index (Phi) is 9.09. The molecule has 2 N–H and O–H groups in total. The number of benzene rings is 1. The average molecular weight is 435 g/mol. The summed E-state index contributed by atoms with van der Waals surface area (Å²) >= 11 is 6.13. The standard InChI is InChI=1S/C23H39ClN6/c1-19(2)29-12-8-21(9-13-29)27-23(25-3)26-10-5-11-28-14-16-30(17-15-28)22-7-4-6-20(24)18-22/h4,6-7,18-19,21H,5,8-17H2,1-3H3,(H2,25,26,27). The number of likely N-dealkylation sites (tertiary alicyclic amines) is 1. The summed E-state index contributed by atoms with van der Waals surface area (Å²) in [6.45, 7) is 13.3. The predicted molar refractivity (Wildman–Crippen MR) is 129 cm³/mol. The molecule has 7 heteroatoms. The first-order chi connectivity index (χ1) is 14.5. The van der Waals surface area contributed by atoms with Crippen LogP contribution in [0.3, 0.4) is 0 Å². The smallest absolute Gasteiger partial charge is 0.191 e. The van der Waals surface area contributed by atoms with E-state index in [4.69, 9.17) is 11.6 Å². The summed E-state index contributed by atoms with van der Waals surface area (Å²) < 4.78 is 0. The first-order valence-corrected chi connectivity index (χ1v) is 11.9. The highest BCUT2D eigenvalue weighted by molar-refractivity contribution is 6.30. The van der Waals surface area contributed by atoms with E-state index in [9.17, 15) is 0 Å². The number of hydrogen-bond acceptors (Lipinski definition) is 4. The molecular weight excluding hydrogens is 396 g/mol. The second-order valence-corrected chi connectivity index (χ2v) is 9.15. The normalized spacial score (nSPS) is 20.0. The Balaban J connectivity index is 1.29. The molecule has 0 spiro atoms. The summed E-state index contributed by atoms with van der Waals surface area (Å²) in [6, 6.07) is 9.36. The second kappa shape index (κ2) is 11.8. The van der Waals surface area contributed by atoms with E-state index in [1.807, 2.05) is 19.2 Å². The first kappa shape index (κ1) is 23.2. The van der Waals surface area contributed by atoms with Crippen LogP contribution in [0.25, 0.3) is 0 Å². The largest absolute Gasteiger partial charge is 0.369 e. The van der Waals surface area contributed by atoms with Crippen molar-refractivity contribution < 1.29 is 0 Å². The summed E-state index contributed by atoms with van der Waals surface area (Å²) in [4.78, 5) is 12.0. The molecule has 0 aliphatic carbocycles. The molecule has 0 amide bonds. The number of anilines is 1. The molecule has 1 aromatic rings. The third kappa shape index (κ3) is 7.03. The van der Waals surface area contributed by atoms with E-state index in [-0.39, 0.29) is 0 Å². The molecule has 2 heterocycles. The van der Waals surface area contributed by atoms with Gasteiger partial charge in [-0.2, -0.15) is 0 Å². The molecule has 0 bridgehead atoms. The van der Waals surface area contributed by atoms with Gasteiger partial charge >= 0.3 is 0 Å². The Morgan fingerprint density at radius 1 is 1.13 bits per heavy atom. The van der Waals surface area contributed by atoms with Gasteiger partial charge in [-0.3, -0.25) is 9.89 Å². The SMILES string of the molecule is CN=C(NCCCN1CCN(c2cccc(Cl)c2)CC1)NC1CCN(C(C)C)CC1. The van der Waals surface area contributed by atoms with Crippen molar-refractivity contribution in [3.05, 3.63) is 29.3 Å². The van der Waals surface area contributed by atoms with Gasteiger partial charge in [0, 0.05) is 75.7 Å². The van der Waals surface area contributed by atoms with Crippen LogP contribution in [-0.2, 0) is 0 Å². The van der Waals surface area contributed by atoms with Gasteiger partial charge in [-0.15, -0.1) is 0 Å². The predicted octanol–water partition coefficient (Wildman–Crippen LogP) is 2.89. The van der Waals surface area contributed by atoms with Gasteiger partial charge in [-0.1, -0.05) is 17.7 Å². The van der Waals surface area contributed by atoms with Gasteiger partial charge in [0.25, 0.3) is 0 Å². The van der Waals surface area contributed by atoms with Crippen LogP contribution in [0.15, 0.2) is 29.3 Å². The number of hydrogen-bond donors (Lipinski definition) is 2. The lowest BCUT2D eigenvalue weighted by atomic mass is 10.0. The summed E-state index contributed by atoms with van der Waals surface area (Å²) in [5, 5.41) is 7.93. The number of halogens is 1. The zero-order valence-corrected chi connectivity index (χ0v) is 19.7. The third-order valence-electron chi connectivity index (χ3n) is 6.31. The van der Waals surface area contributed by atoms with E-state index in [1.165, 1.54) is 31.6 Å². The van der Waals surface area contributed by atoms with Crippen LogP contribution in [0.2, 0.25) is 5.02 Å². The molecule has 168 valence electrons. The van der Waals surface area contributed by atoms with Crippen LogP contribution < -0.4 is 15.5 Å². The van der Waals surface area contributed by atoms with Crippen LogP contribution in [0, 0.1) is 0 Å². The highest BCUT2D eigenvalue weighted by Crippen LogP contribution is 2.20. The molecule has 0 unspecified atom stereocenters. The van der Waals surface area contributed by atoms with Crippen LogP contribution >= 0.6 is 11.6 Å². The number of nitrogens with zero attached hydrogens (tertiary/aromatic N) is 4. The lowest BCUT2D eigenvalue weighted by Gasteiger charge is -2.36. The van der Waals surface area contributed by atoms with Crippen molar-refractivity contribution >= 4 is 23.2 Å². The summed E-state index contributed by atoms with van der Waals surface area (Å²) in [5.74, 6) is 0.948. The minimum atomic E-state index is 0.533. The summed E-state index contributed by atoms with van der Waals surface area (Å²) in [5.41, 5.74) is 1.23. The molecule has 2 aliphatic rings. The van der Waals surface area contributed by atoms with Gasteiger partial charge in [0.15, 0.2) is 5.96 Å². The zero-order valence-electron chi connectivity index (χ0n) is 18.9. The number of rotatable bonds is 7. The fourth-order valence-electron chi connectivity index (χ4n) is 4.36. The van der Waals surface area contributed by atoms with Crippen LogP contribution in [0.1, 0.15) is 33.1 Å². The van der Waals surface area contributed by atoms with Crippen LogP contribution in [-0.4, -0.2) is 87.2 Å².